The quantitative estimate of drug-likeness (QED) is 0.584. The highest BCUT2D eigenvalue weighted by atomic mass is 32.1. The average Bonchev–Trinajstić information content (AvgIpc) is 3.38. The number of amides is 1. The van der Waals surface area contributed by atoms with Crippen molar-refractivity contribution >= 4 is 17.2 Å². The van der Waals surface area contributed by atoms with Gasteiger partial charge in [-0.05, 0) is 55.0 Å². The molecule has 3 aromatic rings. The van der Waals surface area contributed by atoms with Crippen molar-refractivity contribution in [2.75, 3.05) is 0 Å². The van der Waals surface area contributed by atoms with Gasteiger partial charge in [-0.2, -0.15) is 13.2 Å². The number of hydrogen-bond acceptors (Lipinski definition) is 4. The van der Waals surface area contributed by atoms with Gasteiger partial charge in [0.05, 0.1) is 16.5 Å². The number of nitrogens with one attached hydrogen (secondary N) is 1. The maximum atomic E-state index is 13.3. The Labute approximate surface area is 173 Å². The summed E-state index contributed by atoms with van der Waals surface area (Å²) in [6, 6.07) is 8.62. The zero-order valence-electron chi connectivity index (χ0n) is 15.7. The maximum Gasteiger partial charge on any atom is 0.391 e. The van der Waals surface area contributed by atoms with Crippen molar-refractivity contribution in [1.29, 1.82) is 0 Å². The van der Waals surface area contributed by atoms with E-state index in [9.17, 15) is 22.4 Å². The first kappa shape index (κ1) is 20.5. The van der Waals surface area contributed by atoms with Crippen LogP contribution in [-0.2, 0) is 0 Å². The molecule has 1 aromatic carbocycles. The first-order valence-electron chi connectivity index (χ1n) is 9.45. The number of nitrogens with zero attached hydrogens (tertiary/aromatic N) is 3. The van der Waals surface area contributed by atoms with E-state index in [1.165, 1.54) is 40.3 Å². The topological polar surface area (TPSA) is 59.8 Å². The van der Waals surface area contributed by atoms with E-state index >= 15 is 0 Å². The molecule has 4 rings (SSSR count). The summed E-state index contributed by atoms with van der Waals surface area (Å²) in [5.74, 6) is -2.19. The van der Waals surface area contributed by atoms with Crippen LogP contribution in [0.25, 0.3) is 16.4 Å². The molecule has 1 amide bonds. The Morgan fingerprint density at radius 3 is 2.60 bits per heavy atom. The van der Waals surface area contributed by atoms with Gasteiger partial charge in [0.25, 0.3) is 5.91 Å². The van der Waals surface area contributed by atoms with Gasteiger partial charge >= 0.3 is 6.18 Å². The van der Waals surface area contributed by atoms with Crippen LogP contribution in [-0.4, -0.2) is 32.9 Å². The van der Waals surface area contributed by atoms with Gasteiger partial charge in [-0.25, -0.2) is 14.1 Å². The van der Waals surface area contributed by atoms with E-state index in [0.717, 1.165) is 4.88 Å². The van der Waals surface area contributed by atoms with Crippen molar-refractivity contribution in [1.82, 2.24) is 20.1 Å². The van der Waals surface area contributed by atoms with Gasteiger partial charge in [0.2, 0.25) is 5.82 Å². The lowest BCUT2D eigenvalue weighted by atomic mass is 9.85. The van der Waals surface area contributed by atoms with E-state index in [-0.39, 0.29) is 18.7 Å². The summed E-state index contributed by atoms with van der Waals surface area (Å²) in [5, 5.41) is 8.75. The van der Waals surface area contributed by atoms with E-state index in [2.05, 4.69) is 15.4 Å². The molecule has 0 bridgehead atoms. The third kappa shape index (κ3) is 4.38. The monoisotopic (exact) mass is 438 g/mol. The molecule has 30 heavy (non-hydrogen) atoms. The lowest BCUT2D eigenvalue weighted by Crippen LogP contribution is -2.41. The van der Waals surface area contributed by atoms with E-state index in [1.807, 2.05) is 17.5 Å². The fraction of sp³-hybridized carbons (Fsp3) is 0.350. The fourth-order valence-corrected chi connectivity index (χ4v) is 4.30. The number of carbonyl (C=O) groups excluding carboxylic acids is 1. The van der Waals surface area contributed by atoms with Crippen molar-refractivity contribution in [2.24, 2.45) is 5.92 Å². The fourth-order valence-electron chi connectivity index (χ4n) is 3.60. The van der Waals surface area contributed by atoms with Crippen LogP contribution in [0.2, 0.25) is 0 Å². The zero-order valence-corrected chi connectivity index (χ0v) is 16.5. The van der Waals surface area contributed by atoms with Gasteiger partial charge in [-0.1, -0.05) is 12.5 Å². The summed E-state index contributed by atoms with van der Waals surface area (Å²) in [7, 11) is 0. The average molecular weight is 438 g/mol. The van der Waals surface area contributed by atoms with Crippen molar-refractivity contribution in [3.63, 3.8) is 0 Å². The zero-order chi connectivity index (χ0) is 21.3. The lowest BCUT2D eigenvalue weighted by molar-refractivity contribution is -0.183. The molecule has 1 N–H and O–H groups in total. The first-order valence-corrected chi connectivity index (χ1v) is 10.3. The largest absolute Gasteiger partial charge is 0.391 e. The summed E-state index contributed by atoms with van der Waals surface area (Å²) in [6.45, 7) is 0. The number of aromatic nitrogens is 3. The minimum Gasteiger partial charge on any atom is -0.347 e. The summed E-state index contributed by atoms with van der Waals surface area (Å²) in [4.78, 5) is 17.8. The normalized spacial score (nSPS) is 19.6. The van der Waals surface area contributed by atoms with Gasteiger partial charge in [0.1, 0.15) is 5.82 Å². The Morgan fingerprint density at radius 1 is 1.17 bits per heavy atom. The van der Waals surface area contributed by atoms with E-state index in [0.29, 0.717) is 24.4 Å². The van der Waals surface area contributed by atoms with Crippen molar-refractivity contribution in [2.45, 2.75) is 37.9 Å². The van der Waals surface area contributed by atoms with E-state index < -0.39 is 29.9 Å². The Kier molecular flexibility index (Phi) is 5.59. The molecular weight excluding hydrogens is 420 g/mol. The molecule has 5 nitrogen and oxygen atoms in total. The molecule has 158 valence electrons. The number of carbonyl (C=O) groups is 1. The molecule has 1 aliphatic carbocycles. The summed E-state index contributed by atoms with van der Waals surface area (Å²) >= 11 is 1.40. The molecule has 1 saturated carbocycles. The molecular formula is C20H18F4N4OS. The predicted molar refractivity (Wildman–Crippen MR) is 104 cm³/mol. The molecule has 2 atom stereocenters. The minimum absolute atomic E-state index is 0.0792. The lowest BCUT2D eigenvalue weighted by Gasteiger charge is -2.30. The molecule has 2 unspecified atom stereocenters. The number of thiophene rings is 1. The van der Waals surface area contributed by atoms with Gasteiger partial charge in [0, 0.05) is 6.04 Å². The van der Waals surface area contributed by atoms with Gasteiger partial charge in [-0.15, -0.1) is 16.4 Å². The SMILES string of the molecule is O=C(NC1CCCC(C(F)(F)F)C1)c1nc(-c2cccs2)n(-c2ccc(F)cc2)n1. The molecule has 0 aliphatic heterocycles. The predicted octanol–water partition coefficient (Wildman–Crippen LogP) is 4.99. The third-order valence-electron chi connectivity index (χ3n) is 5.10. The van der Waals surface area contributed by atoms with Gasteiger partial charge in [-0.3, -0.25) is 4.79 Å². The molecule has 0 spiro atoms. The number of rotatable bonds is 4. The van der Waals surface area contributed by atoms with Crippen LogP contribution in [0.1, 0.15) is 36.3 Å². The highest BCUT2D eigenvalue weighted by Gasteiger charge is 2.42. The maximum absolute atomic E-state index is 13.3. The van der Waals surface area contributed by atoms with Crippen LogP contribution in [0.15, 0.2) is 41.8 Å². The van der Waals surface area contributed by atoms with Gasteiger partial charge in [0.15, 0.2) is 5.82 Å². The molecule has 2 aromatic heterocycles. The second-order valence-electron chi connectivity index (χ2n) is 7.20. The Hall–Kier alpha value is -2.75. The van der Waals surface area contributed by atoms with Crippen molar-refractivity contribution < 1.29 is 22.4 Å². The van der Waals surface area contributed by atoms with Crippen LogP contribution >= 0.6 is 11.3 Å². The van der Waals surface area contributed by atoms with Crippen LogP contribution in [0, 0.1) is 11.7 Å². The van der Waals surface area contributed by atoms with Crippen molar-refractivity contribution in [3.05, 3.63) is 53.4 Å². The van der Waals surface area contributed by atoms with Crippen molar-refractivity contribution in [3.8, 4) is 16.4 Å². The molecule has 10 heteroatoms. The Balaban J connectivity index is 1.59. The second-order valence-corrected chi connectivity index (χ2v) is 8.15. The standard InChI is InChI=1S/C20H18F4N4OS/c21-13-6-8-15(9-7-13)28-18(16-5-2-10-30-16)26-17(27-28)19(29)25-14-4-1-3-12(11-14)20(22,23)24/h2,5-10,12,14H,1,3-4,11H2,(H,25,29). The number of alkyl halides is 3. The third-order valence-corrected chi connectivity index (χ3v) is 5.96. The Morgan fingerprint density at radius 2 is 1.93 bits per heavy atom. The highest BCUT2D eigenvalue weighted by molar-refractivity contribution is 7.13. The second kappa shape index (κ2) is 8.17. The molecule has 2 heterocycles. The number of benzene rings is 1. The summed E-state index contributed by atoms with van der Waals surface area (Å²) in [6.07, 6.45) is -3.46. The van der Waals surface area contributed by atoms with Crippen LogP contribution in [0.5, 0.6) is 0 Å². The first-order chi connectivity index (χ1) is 14.3. The summed E-state index contributed by atoms with van der Waals surface area (Å²) in [5.41, 5.74) is 0.515. The van der Waals surface area contributed by atoms with E-state index in [4.69, 9.17) is 0 Å². The Bertz CT molecular complexity index is 1010. The smallest absolute Gasteiger partial charge is 0.347 e. The molecule has 0 radical (unpaired) electrons. The molecule has 1 fully saturated rings. The van der Waals surface area contributed by atoms with E-state index in [1.54, 1.807) is 0 Å². The van der Waals surface area contributed by atoms with Crippen LogP contribution in [0.4, 0.5) is 17.6 Å². The van der Waals surface area contributed by atoms with Gasteiger partial charge < -0.3 is 5.32 Å². The number of halogens is 4. The molecule has 0 saturated heterocycles. The molecule has 1 aliphatic rings. The highest BCUT2D eigenvalue weighted by Crippen LogP contribution is 2.37. The minimum atomic E-state index is -4.27. The van der Waals surface area contributed by atoms with Crippen LogP contribution in [0.3, 0.4) is 0 Å². The summed E-state index contributed by atoms with van der Waals surface area (Å²) < 4.78 is 53.8. The number of hydrogen-bond donors (Lipinski definition) is 1. The van der Waals surface area contributed by atoms with Crippen LogP contribution < -0.4 is 5.32 Å².